The minimum Gasteiger partial charge on any atom is -0.492 e. The van der Waals surface area contributed by atoms with Gasteiger partial charge >= 0.3 is 0 Å². The van der Waals surface area contributed by atoms with Gasteiger partial charge in [-0.25, -0.2) is 8.42 Å². The average molecular weight is 290 g/mol. The van der Waals surface area contributed by atoms with Crippen LogP contribution in [0.2, 0.25) is 5.02 Å². The topological polar surface area (TPSA) is 69.4 Å². The molecule has 0 bridgehead atoms. The Morgan fingerprint density at radius 1 is 1.39 bits per heavy atom. The number of hydrogen-bond donors (Lipinski definition) is 1. The molecule has 2 N–H and O–H groups in total. The third-order valence-corrected chi connectivity index (χ3v) is 5.17. The molecule has 0 aromatic heterocycles. The van der Waals surface area contributed by atoms with Crippen LogP contribution in [0.25, 0.3) is 0 Å². The van der Waals surface area contributed by atoms with E-state index in [1.165, 1.54) is 0 Å². The van der Waals surface area contributed by atoms with E-state index < -0.39 is 9.84 Å². The Bertz CT molecular complexity index is 501. The van der Waals surface area contributed by atoms with Crippen LogP contribution >= 0.6 is 11.6 Å². The highest BCUT2D eigenvalue weighted by Crippen LogP contribution is 2.22. The summed E-state index contributed by atoms with van der Waals surface area (Å²) >= 11 is 5.76. The molecular formula is C12H16ClNO3S. The van der Waals surface area contributed by atoms with Crippen LogP contribution in [0.4, 0.5) is 0 Å². The summed E-state index contributed by atoms with van der Waals surface area (Å²) in [6.07, 6.45) is 0.632. The number of ether oxygens (including phenoxy) is 1. The Morgan fingerprint density at radius 2 is 2.06 bits per heavy atom. The van der Waals surface area contributed by atoms with Crippen molar-refractivity contribution in [3.63, 3.8) is 0 Å². The summed E-state index contributed by atoms with van der Waals surface area (Å²) in [5.74, 6) is 1.11. The van der Waals surface area contributed by atoms with Crippen molar-refractivity contribution in [1.82, 2.24) is 0 Å². The number of nitrogens with two attached hydrogens (primary N) is 1. The number of rotatable bonds is 4. The number of halogens is 1. The third-order valence-electron chi connectivity index (χ3n) is 3.13. The van der Waals surface area contributed by atoms with Crippen molar-refractivity contribution in [3.8, 4) is 5.75 Å². The molecule has 2 unspecified atom stereocenters. The smallest absolute Gasteiger partial charge is 0.150 e. The lowest BCUT2D eigenvalue weighted by molar-refractivity contribution is 0.255. The third kappa shape index (κ3) is 3.60. The van der Waals surface area contributed by atoms with E-state index in [9.17, 15) is 8.42 Å². The van der Waals surface area contributed by atoms with E-state index in [-0.39, 0.29) is 23.5 Å². The summed E-state index contributed by atoms with van der Waals surface area (Å²) in [5.41, 5.74) is 5.96. The summed E-state index contributed by atoms with van der Waals surface area (Å²) in [5, 5.41) is 0.647. The summed E-state index contributed by atoms with van der Waals surface area (Å²) in [7, 11) is -2.88. The molecular weight excluding hydrogens is 274 g/mol. The van der Waals surface area contributed by atoms with E-state index in [2.05, 4.69) is 0 Å². The van der Waals surface area contributed by atoms with Crippen molar-refractivity contribution in [2.75, 3.05) is 18.1 Å². The molecule has 2 rings (SSSR count). The SMILES string of the molecule is NC(COc1ccc(Cl)cc1)C1CCS(=O)(=O)C1. The zero-order valence-electron chi connectivity index (χ0n) is 9.88. The molecule has 0 radical (unpaired) electrons. The van der Waals surface area contributed by atoms with Crippen molar-refractivity contribution in [1.29, 1.82) is 0 Å². The first kappa shape index (κ1) is 13.6. The van der Waals surface area contributed by atoms with Crippen LogP contribution in [0.3, 0.4) is 0 Å². The van der Waals surface area contributed by atoms with Gasteiger partial charge in [-0.05, 0) is 36.6 Å². The molecule has 1 saturated heterocycles. The highest BCUT2D eigenvalue weighted by Gasteiger charge is 2.32. The molecule has 0 spiro atoms. The molecule has 2 atom stereocenters. The number of sulfone groups is 1. The van der Waals surface area contributed by atoms with Crippen molar-refractivity contribution >= 4 is 21.4 Å². The standard InChI is InChI=1S/C12H16ClNO3S/c13-10-1-3-11(4-2-10)17-7-12(14)9-5-6-18(15,16)8-9/h1-4,9,12H,5-8,14H2. The fraction of sp³-hybridized carbons (Fsp3) is 0.500. The summed E-state index contributed by atoms with van der Waals surface area (Å²) in [6.45, 7) is 0.321. The van der Waals surface area contributed by atoms with Gasteiger partial charge in [-0.15, -0.1) is 0 Å². The molecule has 1 aliphatic heterocycles. The van der Waals surface area contributed by atoms with Crippen LogP contribution < -0.4 is 10.5 Å². The van der Waals surface area contributed by atoms with Crippen molar-refractivity contribution < 1.29 is 13.2 Å². The van der Waals surface area contributed by atoms with E-state index in [0.29, 0.717) is 23.8 Å². The van der Waals surface area contributed by atoms with E-state index in [1.807, 2.05) is 0 Å². The van der Waals surface area contributed by atoms with E-state index >= 15 is 0 Å². The quantitative estimate of drug-likeness (QED) is 0.911. The van der Waals surface area contributed by atoms with Crippen LogP contribution in [0.15, 0.2) is 24.3 Å². The molecule has 0 amide bonds. The van der Waals surface area contributed by atoms with E-state index in [0.717, 1.165) is 0 Å². The van der Waals surface area contributed by atoms with Crippen LogP contribution in [0.1, 0.15) is 6.42 Å². The van der Waals surface area contributed by atoms with Gasteiger partial charge in [0.1, 0.15) is 12.4 Å². The Kier molecular flexibility index (Phi) is 4.14. The van der Waals surface area contributed by atoms with Gasteiger partial charge in [0, 0.05) is 11.1 Å². The van der Waals surface area contributed by atoms with Gasteiger partial charge in [0.05, 0.1) is 11.5 Å². The van der Waals surface area contributed by atoms with E-state index in [1.54, 1.807) is 24.3 Å². The lowest BCUT2D eigenvalue weighted by atomic mass is 10.0. The lowest BCUT2D eigenvalue weighted by Gasteiger charge is -2.18. The molecule has 6 heteroatoms. The van der Waals surface area contributed by atoms with Gasteiger partial charge < -0.3 is 10.5 Å². The van der Waals surface area contributed by atoms with Crippen LogP contribution in [0.5, 0.6) is 5.75 Å². The maximum atomic E-state index is 11.3. The first-order valence-corrected chi connectivity index (χ1v) is 8.00. The summed E-state index contributed by atoms with van der Waals surface area (Å²) in [4.78, 5) is 0. The van der Waals surface area contributed by atoms with Crippen LogP contribution in [-0.2, 0) is 9.84 Å². The molecule has 1 fully saturated rings. The minimum atomic E-state index is -2.88. The highest BCUT2D eigenvalue weighted by molar-refractivity contribution is 7.91. The molecule has 0 aliphatic carbocycles. The van der Waals surface area contributed by atoms with Crippen molar-refractivity contribution in [2.24, 2.45) is 11.7 Å². The van der Waals surface area contributed by atoms with Gasteiger partial charge in [0.2, 0.25) is 0 Å². The Balaban J connectivity index is 1.85. The lowest BCUT2D eigenvalue weighted by Crippen LogP contribution is -2.36. The fourth-order valence-electron chi connectivity index (χ4n) is 2.02. The van der Waals surface area contributed by atoms with E-state index in [4.69, 9.17) is 22.1 Å². The fourth-order valence-corrected chi connectivity index (χ4v) is 4.04. The Labute approximate surface area is 112 Å². The van der Waals surface area contributed by atoms with Gasteiger partial charge in [-0.3, -0.25) is 0 Å². The monoisotopic (exact) mass is 289 g/mol. The van der Waals surface area contributed by atoms with Gasteiger partial charge in [0.15, 0.2) is 9.84 Å². The van der Waals surface area contributed by atoms with Gasteiger partial charge in [0.25, 0.3) is 0 Å². The predicted molar refractivity (Wildman–Crippen MR) is 71.7 cm³/mol. The molecule has 1 heterocycles. The second kappa shape index (κ2) is 5.47. The minimum absolute atomic E-state index is 0.00213. The first-order chi connectivity index (χ1) is 8.46. The molecule has 1 aliphatic rings. The largest absolute Gasteiger partial charge is 0.492 e. The maximum absolute atomic E-state index is 11.3. The second-order valence-electron chi connectivity index (χ2n) is 4.59. The zero-order valence-corrected chi connectivity index (χ0v) is 11.5. The molecule has 18 heavy (non-hydrogen) atoms. The maximum Gasteiger partial charge on any atom is 0.150 e. The van der Waals surface area contributed by atoms with Crippen molar-refractivity contribution in [2.45, 2.75) is 12.5 Å². The molecule has 4 nitrogen and oxygen atoms in total. The molecule has 1 aromatic rings. The predicted octanol–water partition coefficient (Wildman–Crippen LogP) is 1.48. The number of hydrogen-bond acceptors (Lipinski definition) is 4. The highest BCUT2D eigenvalue weighted by atomic mass is 35.5. The average Bonchev–Trinajstić information content (AvgIpc) is 2.69. The summed E-state index contributed by atoms with van der Waals surface area (Å²) in [6, 6.07) is 6.75. The Hall–Kier alpha value is -0.780. The van der Waals surface area contributed by atoms with Gasteiger partial charge in [-0.1, -0.05) is 11.6 Å². The summed E-state index contributed by atoms with van der Waals surface area (Å²) < 4.78 is 28.2. The number of benzene rings is 1. The first-order valence-electron chi connectivity index (χ1n) is 5.81. The zero-order chi connectivity index (χ0) is 13.2. The second-order valence-corrected chi connectivity index (χ2v) is 7.26. The molecule has 0 saturated carbocycles. The Morgan fingerprint density at radius 3 is 2.61 bits per heavy atom. The van der Waals surface area contributed by atoms with Crippen LogP contribution in [0, 0.1) is 5.92 Å². The molecule has 1 aromatic carbocycles. The normalized spacial score (nSPS) is 23.8. The van der Waals surface area contributed by atoms with Crippen molar-refractivity contribution in [3.05, 3.63) is 29.3 Å². The van der Waals surface area contributed by atoms with Crippen LogP contribution in [-0.4, -0.2) is 32.6 Å². The van der Waals surface area contributed by atoms with Gasteiger partial charge in [-0.2, -0.15) is 0 Å². The molecule has 100 valence electrons.